The molecular formula is C17H12N4O. The molecule has 22 heavy (non-hydrogen) atoms. The molecule has 4 aromatic rings. The molecular weight excluding hydrogens is 276 g/mol. The van der Waals surface area contributed by atoms with Crippen molar-refractivity contribution in [2.45, 2.75) is 6.92 Å². The van der Waals surface area contributed by atoms with Gasteiger partial charge in [-0.3, -0.25) is 9.78 Å². The van der Waals surface area contributed by atoms with E-state index in [1.807, 2.05) is 36.4 Å². The van der Waals surface area contributed by atoms with Crippen LogP contribution >= 0.6 is 0 Å². The van der Waals surface area contributed by atoms with E-state index in [-0.39, 0.29) is 5.56 Å². The second-order valence-electron chi connectivity index (χ2n) is 5.13. The van der Waals surface area contributed by atoms with Crippen LogP contribution in [-0.4, -0.2) is 19.9 Å². The predicted molar refractivity (Wildman–Crippen MR) is 85.6 cm³/mol. The number of nitrogens with zero attached hydrogens (tertiary/aromatic N) is 3. The van der Waals surface area contributed by atoms with E-state index < -0.39 is 0 Å². The number of aromatic amines is 1. The molecule has 2 aromatic carbocycles. The molecule has 0 bridgehead atoms. The minimum absolute atomic E-state index is 0.141. The lowest BCUT2D eigenvalue weighted by atomic mass is 10.1. The molecule has 5 nitrogen and oxygen atoms in total. The fraction of sp³-hybridized carbons (Fsp3) is 0.0588. The van der Waals surface area contributed by atoms with Gasteiger partial charge in [0.15, 0.2) is 0 Å². The summed E-state index contributed by atoms with van der Waals surface area (Å²) in [5.41, 5.74) is 3.80. The average molecular weight is 288 g/mol. The number of hydrogen-bond donors (Lipinski definition) is 1. The van der Waals surface area contributed by atoms with Crippen LogP contribution < -0.4 is 5.56 Å². The summed E-state index contributed by atoms with van der Waals surface area (Å²) >= 11 is 0. The standard InChI is InChI=1S/C17H12N4O/c1-10-19-13-7-6-11(8-12(13)17(22)20-10)16-9-18-14-4-2-3-5-15(14)21-16/h2-9H,1H3,(H,19,20,22). The zero-order valence-electron chi connectivity index (χ0n) is 11.9. The van der Waals surface area contributed by atoms with Crippen molar-refractivity contribution < 1.29 is 0 Å². The molecule has 4 rings (SSSR count). The summed E-state index contributed by atoms with van der Waals surface area (Å²) in [6, 6.07) is 13.3. The Kier molecular flexibility index (Phi) is 2.72. The van der Waals surface area contributed by atoms with Crippen molar-refractivity contribution in [3.8, 4) is 11.3 Å². The smallest absolute Gasteiger partial charge is 0.258 e. The summed E-state index contributed by atoms with van der Waals surface area (Å²) in [7, 11) is 0. The first-order chi connectivity index (χ1) is 10.7. The number of H-pyrrole nitrogens is 1. The van der Waals surface area contributed by atoms with E-state index in [0.717, 1.165) is 22.3 Å². The summed E-state index contributed by atoms with van der Waals surface area (Å²) < 4.78 is 0. The van der Waals surface area contributed by atoms with Crippen LogP contribution in [0.25, 0.3) is 33.2 Å². The monoisotopic (exact) mass is 288 g/mol. The first-order valence-corrected chi connectivity index (χ1v) is 6.93. The van der Waals surface area contributed by atoms with Crippen LogP contribution in [0.15, 0.2) is 53.5 Å². The van der Waals surface area contributed by atoms with Crippen LogP contribution in [-0.2, 0) is 0 Å². The van der Waals surface area contributed by atoms with Gasteiger partial charge in [-0.15, -0.1) is 0 Å². The number of benzene rings is 2. The molecule has 2 heterocycles. The molecule has 1 N–H and O–H groups in total. The fourth-order valence-electron chi connectivity index (χ4n) is 2.51. The van der Waals surface area contributed by atoms with E-state index >= 15 is 0 Å². The number of rotatable bonds is 1. The van der Waals surface area contributed by atoms with Gasteiger partial charge in [0.05, 0.1) is 33.8 Å². The van der Waals surface area contributed by atoms with Crippen LogP contribution in [0.2, 0.25) is 0 Å². The highest BCUT2D eigenvalue weighted by atomic mass is 16.1. The topological polar surface area (TPSA) is 71.5 Å². The first kappa shape index (κ1) is 12.6. The van der Waals surface area contributed by atoms with Gasteiger partial charge in [-0.2, -0.15) is 0 Å². The van der Waals surface area contributed by atoms with Crippen LogP contribution in [0.5, 0.6) is 0 Å². The SMILES string of the molecule is Cc1nc2ccc(-c3cnc4ccccc4n3)cc2c(=O)[nH]1. The number of para-hydroxylation sites is 2. The van der Waals surface area contributed by atoms with E-state index in [1.165, 1.54) is 0 Å². The Balaban J connectivity index is 1.94. The van der Waals surface area contributed by atoms with Crippen molar-refractivity contribution in [1.82, 2.24) is 19.9 Å². The molecule has 0 aliphatic carbocycles. The maximum atomic E-state index is 12.1. The molecule has 0 amide bonds. The third kappa shape index (κ3) is 2.03. The molecule has 0 spiro atoms. The normalized spacial score (nSPS) is 11.1. The number of aryl methyl sites for hydroxylation is 1. The zero-order valence-corrected chi connectivity index (χ0v) is 11.9. The molecule has 0 radical (unpaired) electrons. The van der Waals surface area contributed by atoms with Crippen molar-refractivity contribution in [2.75, 3.05) is 0 Å². The molecule has 0 saturated carbocycles. The molecule has 2 aromatic heterocycles. The van der Waals surface area contributed by atoms with E-state index in [4.69, 9.17) is 0 Å². The van der Waals surface area contributed by atoms with Gasteiger partial charge in [0.1, 0.15) is 5.82 Å². The Hall–Kier alpha value is -3.08. The van der Waals surface area contributed by atoms with Crippen molar-refractivity contribution in [3.05, 3.63) is 64.8 Å². The molecule has 0 fully saturated rings. The molecule has 0 aliphatic rings. The van der Waals surface area contributed by atoms with Gasteiger partial charge < -0.3 is 4.98 Å². The predicted octanol–water partition coefficient (Wildman–Crippen LogP) is 2.84. The number of hydrogen-bond acceptors (Lipinski definition) is 4. The molecule has 0 aliphatic heterocycles. The summed E-state index contributed by atoms with van der Waals surface area (Å²) in [5.74, 6) is 0.607. The van der Waals surface area contributed by atoms with Crippen LogP contribution in [0.3, 0.4) is 0 Å². The van der Waals surface area contributed by atoms with E-state index in [2.05, 4.69) is 19.9 Å². The number of fused-ring (bicyclic) bond motifs is 2. The quantitative estimate of drug-likeness (QED) is 0.584. The first-order valence-electron chi connectivity index (χ1n) is 6.93. The summed E-state index contributed by atoms with van der Waals surface area (Å²) in [6.45, 7) is 1.77. The van der Waals surface area contributed by atoms with E-state index in [1.54, 1.807) is 19.2 Å². The van der Waals surface area contributed by atoms with Gasteiger partial charge in [0.2, 0.25) is 0 Å². The highest BCUT2D eigenvalue weighted by Gasteiger charge is 2.07. The Labute approximate surface area is 125 Å². The highest BCUT2D eigenvalue weighted by Crippen LogP contribution is 2.21. The van der Waals surface area contributed by atoms with Crippen molar-refractivity contribution in [1.29, 1.82) is 0 Å². The van der Waals surface area contributed by atoms with Crippen LogP contribution in [0.1, 0.15) is 5.82 Å². The maximum Gasteiger partial charge on any atom is 0.258 e. The fourth-order valence-corrected chi connectivity index (χ4v) is 2.51. The Morgan fingerprint density at radius 2 is 1.77 bits per heavy atom. The lowest BCUT2D eigenvalue weighted by Crippen LogP contribution is -2.09. The molecule has 0 atom stereocenters. The molecule has 0 saturated heterocycles. The van der Waals surface area contributed by atoms with E-state index in [0.29, 0.717) is 16.7 Å². The van der Waals surface area contributed by atoms with Crippen molar-refractivity contribution in [2.24, 2.45) is 0 Å². The molecule has 0 unspecified atom stereocenters. The highest BCUT2D eigenvalue weighted by molar-refractivity contribution is 5.84. The second kappa shape index (κ2) is 4.73. The lowest BCUT2D eigenvalue weighted by molar-refractivity contribution is 1.06. The average Bonchev–Trinajstić information content (AvgIpc) is 2.54. The summed E-state index contributed by atoms with van der Waals surface area (Å²) in [4.78, 5) is 28.1. The Morgan fingerprint density at radius 3 is 2.64 bits per heavy atom. The minimum Gasteiger partial charge on any atom is -0.310 e. The third-order valence-electron chi connectivity index (χ3n) is 3.57. The number of aromatic nitrogens is 4. The van der Waals surface area contributed by atoms with Gasteiger partial charge in [-0.05, 0) is 31.2 Å². The lowest BCUT2D eigenvalue weighted by Gasteiger charge is -2.04. The Morgan fingerprint density at radius 1 is 0.955 bits per heavy atom. The summed E-state index contributed by atoms with van der Waals surface area (Å²) in [5, 5.41) is 0.554. The van der Waals surface area contributed by atoms with Crippen LogP contribution in [0.4, 0.5) is 0 Å². The summed E-state index contributed by atoms with van der Waals surface area (Å²) in [6.07, 6.45) is 1.72. The van der Waals surface area contributed by atoms with Crippen molar-refractivity contribution >= 4 is 21.9 Å². The van der Waals surface area contributed by atoms with Gasteiger partial charge in [-0.25, -0.2) is 9.97 Å². The second-order valence-corrected chi connectivity index (χ2v) is 5.13. The third-order valence-corrected chi connectivity index (χ3v) is 3.57. The van der Waals surface area contributed by atoms with Crippen molar-refractivity contribution in [3.63, 3.8) is 0 Å². The largest absolute Gasteiger partial charge is 0.310 e. The van der Waals surface area contributed by atoms with E-state index in [9.17, 15) is 4.79 Å². The maximum absolute atomic E-state index is 12.1. The van der Waals surface area contributed by atoms with Gasteiger partial charge in [-0.1, -0.05) is 18.2 Å². The number of nitrogens with one attached hydrogen (secondary N) is 1. The van der Waals surface area contributed by atoms with Gasteiger partial charge in [0, 0.05) is 5.56 Å². The Bertz CT molecular complexity index is 1070. The molecule has 5 heteroatoms. The van der Waals surface area contributed by atoms with Gasteiger partial charge >= 0.3 is 0 Å². The zero-order chi connectivity index (χ0) is 15.1. The molecule has 106 valence electrons. The van der Waals surface area contributed by atoms with Gasteiger partial charge in [0.25, 0.3) is 5.56 Å². The minimum atomic E-state index is -0.141. The van der Waals surface area contributed by atoms with Crippen LogP contribution in [0, 0.1) is 6.92 Å².